The van der Waals surface area contributed by atoms with Crippen LogP contribution < -0.4 is 0 Å². The Balaban J connectivity index is 0. The van der Waals surface area contributed by atoms with E-state index in [0.717, 1.165) is 19.4 Å². The number of hydrogen-bond acceptors (Lipinski definition) is 1. The Morgan fingerprint density at radius 1 is 1.18 bits per heavy atom. The number of nitrogens with zero attached hydrogens (tertiary/aromatic N) is 1. The Kier molecular flexibility index (Phi) is 11.9. The van der Waals surface area contributed by atoms with Crippen molar-refractivity contribution in [1.29, 1.82) is 0 Å². The quantitative estimate of drug-likeness (QED) is 0.775. The van der Waals surface area contributed by atoms with E-state index >= 15 is 0 Å². The molecule has 0 fully saturated rings. The summed E-state index contributed by atoms with van der Waals surface area (Å²) in [5, 5.41) is 13.6. The van der Waals surface area contributed by atoms with Gasteiger partial charge >= 0.3 is 0 Å². The molecule has 0 heterocycles. The third-order valence-electron chi connectivity index (χ3n) is 1.70. The molecule has 0 rings (SSSR count). The molecule has 2 nitrogen and oxygen atoms in total. The number of aliphatic hydroxyl groups excluding tert-OH is 1. The molecule has 3 heteroatoms. The van der Waals surface area contributed by atoms with Crippen LogP contribution in [-0.2, 0) is 0 Å². The van der Waals surface area contributed by atoms with Gasteiger partial charge in [-0.15, -0.1) is 6.04 Å². The molecule has 0 saturated carbocycles. The van der Waals surface area contributed by atoms with Crippen LogP contribution in [0.5, 0.6) is 0 Å². The van der Waals surface area contributed by atoms with Crippen LogP contribution in [0.3, 0.4) is 0 Å². The summed E-state index contributed by atoms with van der Waals surface area (Å²) in [4.78, 5) is 0. The molecule has 0 amide bonds. The van der Waals surface area contributed by atoms with Gasteiger partial charge in [0.15, 0.2) is 0 Å². The van der Waals surface area contributed by atoms with Gasteiger partial charge in [0.05, 0.1) is 0 Å². The zero-order chi connectivity index (χ0) is 7.98. The fourth-order valence-corrected chi connectivity index (χ4v) is 1.03. The molecule has 0 aliphatic carbocycles. The minimum Gasteiger partial charge on any atom is -0.658 e. The maximum atomic E-state index is 9.36. The first-order valence-electron chi connectivity index (χ1n) is 4.10. The smallest absolute Gasteiger partial charge is 0.0378 e. The first-order valence-corrected chi connectivity index (χ1v) is 4.10. The Morgan fingerprint density at radius 3 is 2.00 bits per heavy atom. The third-order valence-corrected chi connectivity index (χ3v) is 1.70. The molecule has 0 aromatic rings. The predicted octanol–water partition coefficient (Wildman–Crippen LogP) is 1.93. The molecule has 0 aliphatic rings. The molecule has 0 bridgehead atoms. The molecule has 2 unspecified atom stereocenters. The van der Waals surface area contributed by atoms with E-state index in [1.807, 2.05) is 13.8 Å². The molecule has 2 atom stereocenters. The van der Waals surface area contributed by atoms with Gasteiger partial charge in [-0.3, -0.25) is 0 Å². The van der Waals surface area contributed by atoms with Gasteiger partial charge < -0.3 is 10.4 Å². The van der Waals surface area contributed by atoms with Gasteiger partial charge in [0.2, 0.25) is 0 Å². The van der Waals surface area contributed by atoms with E-state index in [2.05, 4.69) is 12.2 Å². The average Bonchev–Trinajstić information content (AvgIpc) is 1.99. The molecule has 0 saturated heterocycles. The van der Waals surface area contributed by atoms with Gasteiger partial charge in [-0.25, -0.2) is 0 Å². The van der Waals surface area contributed by atoms with E-state index in [9.17, 15) is 5.11 Å². The van der Waals surface area contributed by atoms with Gasteiger partial charge in [-0.05, 0) is 6.42 Å². The van der Waals surface area contributed by atoms with Crippen molar-refractivity contribution in [3.63, 3.8) is 0 Å². The number of rotatable bonds is 5. The Bertz CT molecular complexity index is 80.5. The Morgan fingerprint density at radius 2 is 1.73 bits per heavy atom. The topological polar surface area (TPSA) is 34.3 Å². The summed E-state index contributed by atoms with van der Waals surface area (Å²) in [5.74, 6) is 0. The summed E-state index contributed by atoms with van der Waals surface area (Å²) < 4.78 is 0. The zero-order valence-corrected chi connectivity index (χ0v) is 11.8. The monoisotopic (exact) mass is 382 g/mol. The van der Waals surface area contributed by atoms with E-state index in [0.29, 0.717) is 0 Å². The van der Waals surface area contributed by atoms with Gasteiger partial charge in [0.1, 0.15) is 0 Å². The first kappa shape index (κ1) is 14.5. The van der Waals surface area contributed by atoms with E-state index in [1.165, 1.54) is 0 Å². The van der Waals surface area contributed by atoms with Crippen LogP contribution in [-0.4, -0.2) is 23.8 Å². The van der Waals surface area contributed by atoms with Gasteiger partial charge in [0.25, 0.3) is 0 Å². The second-order valence-electron chi connectivity index (χ2n) is 2.45. The number of aliphatic hydroxyl groups is 1. The van der Waals surface area contributed by atoms with Crippen LogP contribution >= 0.6 is 0 Å². The molecule has 66 valence electrons. The molecule has 0 aromatic heterocycles. The van der Waals surface area contributed by atoms with Crippen LogP contribution in [0.4, 0.5) is 0 Å². The van der Waals surface area contributed by atoms with Gasteiger partial charge in [-0.1, -0.05) is 27.2 Å². The van der Waals surface area contributed by atoms with Crippen LogP contribution in [0.1, 0.15) is 33.6 Å². The van der Waals surface area contributed by atoms with Crippen molar-refractivity contribution >= 4 is 0 Å². The standard InChI is InChI=1S/C8H18NO.U/c1-4-7(9-6-3)8(10)5-2;/h7-8,10H,4-6H2,1-3H3;/q-1;. The fraction of sp³-hybridized carbons (Fsp3) is 1.00. The van der Waals surface area contributed by atoms with Crippen molar-refractivity contribution < 1.29 is 36.2 Å². The summed E-state index contributed by atoms with van der Waals surface area (Å²) in [5.41, 5.74) is 0. The first-order chi connectivity index (χ1) is 4.76. The predicted molar refractivity (Wildman–Crippen MR) is 44.3 cm³/mol. The van der Waals surface area contributed by atoms with Crippen molar-refractivity contribution in [1.82, 2.24) is 0 Å². The minimum atomic E-state index is -0.232. The van der Waals surface area contributed by atoms with Crippen LogP contribution in [0.25, 0.3) is 5.32 Å². The van der Waals surface area contributed by atoms with Crippen molar-refractivity contribution in [3.8, 4) is 0 Å². The number of hydrogen-bond donors (Lipinski definition) is 1. The largest absolute Gasteiger partial charge is 0.658 e. The fourth-order valence-electron chi connectivity index (χ4n) is 1.03. The molecule has 0 aromatic carbocycles. The summed E-state index contributed by atoms with van der Waals surface area (Å²) in [6.07, 6.45) is 1.52. The zero-order valence-electron chi connectivity index (χ0n) is 7.67. The van der Waals surface area contributed by atoms with Crippen LogP contribution in [0, 0.1) is 31.1 Å². The Labute approximate surface area is 93.5 Å². The number of likely N-dealkylation sites (N-methyl/N-ethyl adjacent to an activating group) is 1. The molecule has 11 heavy (non-hydrogen) atoms. The maximum Gasteiger partial charge on any atom is 0.0378 e. The summed E-state index contributed by atoms with van der Waals surface area (Å²) in [6.45, 7) is 6.86. The van der Waals surface area contributed by atoms with Crippen molar-refractivity contribution in [2.45, 2.75) is 45.8 Å². The summed E-state index contributed by atoms with van der Waals surface area (Å²) in [7, 11) is 0. The second kappa shape index (κ2) is 9.06. The Hall–Kier alpha value is 0.972. The van der Waals surface area contributed by atoms with Crippen molar-refractivity contribution in [3.05, 3.63) is 5.32 Å². The molecular weight excluding hydrogens is 364 g/mol. The van der Waals surface area contributed by atoms with E-state index in [-0.39, 0.29) is 43.3 Å². The molecular formula is C8H18NOU-. The third kappa shape index (κ3) is 6.16. The van der Waals surface area contributed by atoms with E-state index < -0.39 is 0 Å². The molecule has 0 spiro atoms. The van der Waals surface area contributed by atoms with Crippen LogP contribution in [0.2, 0.25) is 0 Å². The average molecular weight is 382 g/mol. The van der Waals surface area contributed by atoms with E-state index in [4.69, 9.17) is 0 Å². The van der Waals surface area contributed by atoms with E-state index in [1.54, 1.807) is 0 Å². The summed E-state index contributed by atoms with van der Waals surface area (Å²) >= 11 is 0. The van der Waals surface area contributed by atoms with Crippen molar-refractivity contribution in [2.75, 3.05) is 6.54 Å². The molecule has 1 N–H and O–H groups in total. The van der Waals surface area contributed by atoms with Gasteiger partial charge in [-0.2, -0.15) is 6.54 Å². The summed E-state index contributed by atoms with van der Waals surface area (Å²) in [6, 6.07) is 0.162. The van der Waals surface area contributed by atoms with Gasteiger partial charge in [0, 0.05) is 37.2 Å². The molecule has 0 radical (unpaired) electrons. The van der Waals surface area contributed by atoms with Crippen molar-refractivity contribution in [2.24, 2.45) is 0 Å². The normalized spacial score (nSPS) is 15.3. The SMILES string of the molecule is CC[N-]C(CC)C(O)CC.[U]. The van der Waals surface area contributed by atoms with Crippen LogP contribution in [0.15, 0.2) is 0 Å². The second-order valence-corrected chi connectivity index (χ2v) is 2.45. The molecule has 0 aliphatic heterocycles. The minimum absolute atomic E-state index is 0. The maximum absolute atomic E-state index is 9.36.